The molecule has 2 rings (SSSR count). The van der Waals surface area contributed by atoms with Gasteiger partial charge in [0, 0.05) is 25.2 Å². The molecule has 122 valence electrons. The molecule has 0 heterocycles. The van der Waals surface area contributed by atoms with Crippen LogP contribution in [0.4, 0.5) is 0 Å². The molecule has 0 atom stereocenters. The summed E-state index contributed by atoms with van der Waals surface area (Å²) in [5.41, 5.74) is 3.70. The van der Waals surface area contributed by atoms with E-state index in [9.17, 15) is 9.59 Å². The molecule has 2 aromatic rings. The highest BCUT2D eigenvalue weighted by molar-refractivity contribution is 5.78. The Morgan fingerprint density at radius 3 is 1.33 bits per heavy atom. The SMILES string of the molecule is CNC(=O)Cc1ccc(C#Cc2ccc(CC(=O)NC)cc2)cc1. The summed E-state index contributed by atoms with van der Waals surface area (Å²) < 4.78 is 0. The summed E-state index contributed by atoms with van der Waals surface area (Å²) in [6.07, 6.45) is 0.744. The van der Waals surface area contributed by atoms with Crippen LogP contribution >= 0.6 is 0 Å². The summed E-state index contributed by atoms with van der Waals surface area (Å²) in [5.74, 6) is 6.18. The molecule has 4 heteroatoms. The number of nitrogens with one attached hydrogen (secondary N) is 2. The van der Waals surface area contributed by atoms with Crippen molar-refractivity contribution in [2.45, 2.75) is 12.8 Å². The highest BCUT2D eigenvalue weighted by Gasteiger charge is 2.01. The van der Waals surface area contributed by atoms with E-state index >= 15 is 0 Å². The van der Waals surface area contributed by atoms with Crippen molar-refractivity contribution in [2.24, 2.45) is 0 Å². The predicted molar refractivity (Wildman–Crippen MR) is 94.4 cm³/mol. The summed E-state index contributed by atoms with van der Waals surface area (Å²) in [4.78, 5) is 22.7. The fourth-order valence-electron chi connectivity index (χ4n) is 2.10. The van der Waals surface area contributed by atoms with Crippen molar-refractivity contribution in [3.63, 3.8) is 0 Å². The smallest absolute Gasteiger partial charge is 0.224 e. The van der Waals surface area contributed by atoms with Crippen molar-refractivity contribution in [1.29, 1.82) is 0 Å². The molecule has 0 fully saturated rings. The highest BCUT2D eigenvalue weighted by Crippen LogP contribution is 2.07. The third-order valence-electron chi connectivity index (χ3n) is 3.55. The predicted octanol–water partition coefficient (Wildman–Crippen LogP) is 1.66. The van der Waals surface area contributed by atoms with E-state index in [2.05, 4.69) is 22.5 Å². The molecule has 24 heavy (non-hydrogen) atoms. The Hall–Kier alpha value is -3.06. The van der Waals surface area contributed by atoms with Crippen LogP contribution in [0.15, 0.2) is 48.5 Å². The van der Waals surface area contributed by atoms with Crippen molar-refractivity contribution in [1.82, 2.24) is 10.6 Å². The molecule has 0 aromatic heterocycles. The van der Waals surface area contributed by atoms with Gasteiger partial charge in [-0.15, -0.1) is 0 Å². The van der Waals surface area contributed by atoms with Crippen molar-refractivity contribution in [2.75, 3.05) is 14.1 Å². The maximum Gasteiger partial charge on any atom is 0.224 e. The molecule has 2 amide bonds. The molecule has 2 N–H and O–H groups in total. The van der Waals surface area contributed by atoms with Gasteiger partial charge in [0.25, 0.3) is 0 Å². The zero-order chi connectivity index (χ0) is 17.4. The Labute approximate surface area is 142 Å². The molecule has 0 aliphatic carbocycles. The Morgan fingerprint density at radius 1 is 0.708 bits per heavy atom. The van der Waals surface area contributed by atoms with Crippen molar-refractivity contribution in [3.8, 4) is 11.8 Å². The van der Waals surface area contributed by atoms with E-state index < -0.39 is 0 Å². The van der Waals surface area contributed by atoms with Gasteiger partial charge in [-0.1, -0.05) is 36.1 Å². The first kappa shape index (κ1) is 17.3. The third-order valence-corrected chi connectivity index (χ3v) is 3.55. The van der Waals surface area contributed by atoms with Gasteiger partial charge in [-0.25, -0.2) is 0 Å². The lowest BCUT2D eigenvalue weighted by molar-refractivity contribution is -0.120. The molecule has 2 aromatic carbocycles. The number of rotatable bonds is 4. The van der Waals surface area contributed by atoms with Crippen molar-refractivity contribution < 1.29 is 9.59 Å². The van der Waals surface area contributed by atoms with Gasteiger partial charge in [0.1, 0.15) is 0 Å². The second-order valence-electron chi connectivity index (χ2n) is 5.34. The highest BCUT2D eigenvalue weighted by atomic mass is 16.2. The molecular formula is C20H20N2O2. The van der Waals surface area contributed by atoms with E-state index in [0.717, 1.165) is 22.3 Å². The summed E-state index contributed by atoms with van der Waals surface area (Å²) in [5, 5.41) is 5.21. The lowest BCUT2D eigenvalue weighted by atomic mass is 10.1. The molecule has 0 saturated heterocycles. The van der Waals surface area contributed by atoms with E-state index in [1.54, 1.807) is 14.1 Å². The number of hydrogen-bond acceptors (Lipinski definition) is 2. The van der Waals surface area contributed by atoms with E-state index in [1.807, 2.05) is 48.5 Å². The molecule has 4 nitrogen and oxygen atoms in total. The Bertz CT molecular complexity index is 701. The second kappa shape index (κ2) is 8.54. The van der Waals surface area contributed by atoms with Crippen LogP contribution in [0.2, 0.25) is 0 Å². The van der Waals surface area contributed by atoms with Crippen LogP contribution in [0.25, 0.3) is 0 Å². The Morgan fingerprint density at radius 2 is 1.04 bits per heavy atom. The second-order valence-corrected chi connectivity index (χ2v) is 5.34. The fourth-order valence-corrected chi connectivity index (χ4v) is 2.10. The molecule has 0 aliphatic heterocycles. The molecule has 0 saturated carbocycles. The van der Waals surface area contributed by atoms with Crippen LogP contribution in [-0.2, 0) is 22.4 Å². The average molecular weight is 320 g/mol. The van der Waals surface area contributed by atoms with Gasteiger partial charge < -0.3 is 10.6 Å². The van der Waals surface area contributed by atoms with E-state index in [-0.39, 0.29) is 11.8 Å². The van der Waals surface area contributed by atoms with Crippen LogP contribution in [0.3, 0.4) is 0 Å². The van der Waals surface area contributed by atoms with Gasteiger partial charge in [-0.3, -0.25) is 9.59 Å². The van der Waals surface area contributed by atoms with E-state index in [4.69, 9.17) is 0 Å². The number of carbonyl (C=O) groups excluding carboxylic acids is 2. The largest absolute Gasteiger partial charge is 0.359 e. The Balaban J connectivity index is 2.01. The average Bonchev–Trinajstić information content (AvgIpc) is 2.62. The van der Waals surface area contributed by atoms with E-state index in [1.165, 1.54) is 0 Å². The maximum absolute atomic E-state index is 11.3. The molecule has 0 bridgehead atoms. The van der Waals surface area contributed by atoms with Gasteiger partial charge in [0.15, 0.2) is 0 Å². The summed E-state index contributed by atoms with van der Waals surface area (Å²) in [7, 11) is 3.25. The number of likely N-dealkylation sites (N-methyl/N-ethyl adjacent to an activating group) is 2. The van der Waals surface area contributed by atoms with Crippen LogP contribution in [-0.4, -0.2) is 25.9 Å². The molecular weight excluding hydrogens is 300 g/mol. The quantitative estimate of drug-likeness (QED) is 0.842. The van der Waals surface area contributed by atoms with E-state index in [0.29, 0.717) is 12.8 Å². The van der Waals surface area contributed by atoms with Crippen LogP contribution < -0.4 is 10.6 Å². The molecule has 0 aliphatic rings. The lowest BCUT2D eigenvalue weighted by Crippen LogP contribution is -2.19. The zero-order valence-corrected chi connectivity index (χ0v) is 13.8. The summed E-state index contributed by atoms with van der Waals surface area (Å²) >= 11 is 0. The van der Waals surface area contributed by atoms with Gasteiger partial charge in [-0.2, -0.15) is 0 Å². The first-order valence-electron chi connectivity index (χ1n) is 7.72. The van der Waals surface area contributed by atoms with Gasteiger partial charge in [0.05, 0.1) is 12.8 Å². The minimum absolute atomic E-state index is 0.00863. The third kappa shape index (κ3) is 5.29. The molecule has 0 radical (unpaired) electrons. The molecule has 0 unspecified atom stereocenters. The maximum atomic E-state index is 11.3. The van der Waals surface area contributed by atoms with Crippen LogP contribution in [0.1, 0.15) is 22.3 Å². The van der Waals surface area contributed by atoms with Crippen molar-refractivity contribution in [3.05, 3.63) is 70.8 Å². The minimum atomic E-state index is -0.00863. The normalized spacial score (nSPS) is 9.58. The number of amides is 2. The van der Waals surface area contributed by atoms with Crippen molar-refractivity contribution >= 4 is 11.8 Å². The van der Waals surface area contributed by atoms with Crippen LogP contribution in [0, 0.1) is 11.8 Å². The first-order chi connectivity index (χ1) is 11.6. The summed E-state index contributed by atoms with van der Waals surface area (Å²) in [6.45, 7) is 0. The van der Waals surface area contributed by atoms with Gasteiger partial charge in [-0.05, 0) is 35.4 Å². The lowest BCUT2D eigenvalue weighted by Gasteiger charge is -2.01. The number of hydrogen-bond donors (Lipinski definition) is 2. The van der Waals surface area contributed by atoms with Crippen LogP contribution in [0.5, 0.6) is 0 Å². The van der Waals surface area contributed by atoms with Gasteiger partial charge >= 0.3 is 0 Å². The zero-order valence-electron chi connectivity index (χ0n) is 13.8. The topological polar surface area (TPSA) is 58.2 Å². The Kier molecular flexibility index (Phi) is 6.16. The fraction of sp³-hybridized carbons (Fsp3) is 0.200. The standard InChI is InChI=1S/C20H20N2O2/c1-21-19(23)13-17-9-5-15(6-10-17)3-4-16-7-11-18(12-8-16)14-20(24)22-2/h5-12H,13-14H2,1-2H3,(H,21,23)(H,22,24). The number of carbonyl (C=O) groups is 2. The monoisotopic (exact) mass is 320 g/mol. The first-order valence-corrected chi connectivity index (χ1v) is 7.72. The minimum Gasteiger partial charge on any atom is -0.359 e. The van der Waals surface area contributed by atoms with Gasteiger partial charge in [0.2, 0.25) is 11.8 Å². The summed E-state index contributed by atoms with van der Waals surface area (Å²) in [6, 6.07) is 15.3. The number of benzene rings is 2. The molecule has 0 spiro atoms.